The molecule has 0 saturated carbocycles. The standard InChI is InChI=1S/C18H24N6O2.C2HF3O2/c1-22-12-21-14-10-24(15-8-16(26-2)20-11-19-15)9-13(17(14)22)18(25)23-6-4-3-5-7-23;3-2(4,5)1(6)7/h8,11-13H,3-7,9-10H2,1-2H3;(H,6,7). The third kappa shape index (κ3) is 5.71. The molecular weight excluding hydrogens is 445 g/mol. The van der Waals surface area contributed by atoms with Crippen LogP contribution in [0.25, 0.3) is 0 Å². The normalized spacial score (nSPS) is 18.2. The Kier molecular flexibility index (Phi) is 7.39. The van der Waals surface area contributed by atoms with Gasteiger partial charge in [-0.05, 0) is 19.3 Å². The van der Waals surface area contributed by atoms with Gasteiger partial charge in [0.05, 0.1) is 37.3 Å². The molecule has 180 valence electrons. The van der Waals surface area contributed by atoms with Gasteiger partial charge in [0.2, 0.25) is 11.8 Å². The van der Waals surface area contributed by atoms with Crippen molar-refractivity contribution in [3.63, 3.8) is 0 Å². The van der Waals surface area contributed by atoms with Crippen molar-refractivity contribution in [3.05, 3.63) is 30.1 Å². The summed E-state index contributed by atoms with van der Waals surface area (Å²) in [6.07, 6.45) is 1.58. The molecule has 0 bridgehead atoms. The highest BCUT2D eigenvalue weighted by molar-refractivity contribution is 5.85. The van der Waals surface area contributed by atoms with Crippen LogP contribution in [-0.4, -0.2) is 74.3 Å². The Morgan fingerprint density at radius 2 is 1.82 bits per heavy atom. The minimum Gasteiger partial charge on any atom is -0.481 e. The first-order valence-electron chi connectivity index (χ1n) is 10.3. The molecule has 33 heavy (non-hydrogen) atoms. The molecule has 1 saturated heterocycles. The van der Waals surface area contributed by atoms with E-state index >= 15 is 0 Å². The van der Waals surface area contributed by atoms with Crippen molar-refractivity contribution in [2.24, 2.45) is 7.05 Å². The molecular formula is C20H25F3N6O4. The number of fused-ring (bicyclic) bond motifs is 1. The number of carbonyl (C=O) groups excluding carboxylic acids is 1. The van der Waals surface area contributed by atoms with Crippen LogP contribution in [0.4, 0.5) is 19.0 Å². The van der Waals surface area contributed by atoms with Crippen molar-refractivity contribution >= 4 is 17.7 Å². The lowest BCUT2D eigenvalue weighted by atomic mass is 9.95. The number of piperidine rings is 1. The first-order chi connectivity index (χ1) is 15.6. The molecule has 1 amide bonds. The monoisotopic (exact) mass is 470 g/mol. The summed E-state index contributed by atoms with van der Waals surface area (Å²) in [7, 11) is 3.55. The van der Waals surface area contributed by atoms with Crippen LogP contribution < -0.4 is 9.64 Å². The molecule has 2 aromatic rings. The van der Waals surface area contributed by atoms with E-state index in [1.807, 2.05) is 16.5 Å². The highest BCUT2D eigenvalue weighted by Gasteiger charge is 2.38. The van der Waals surface area contributed by atoms with Gasteiger partial charge in [-0.15, -0.1) is 0 Å². The number of alkyl halides is 3. The number of carboxylic acid groups (broad SMARTS) is 1. The number of carbonyl (C=O) groups is 2. The molecule has 10 nitrogen and oxygen atoms in total. The van der Waals surface area contributed by atoms with Crippen LogP contribution in [0.5, 0.6) is 5.88 Å². The number of hydrogen-bond acceptors (Lipinski definition) is 7. The largest absolute Gasteiger partial charge is 0.490 e. The Balaban J connectivity index is 0.000000383. The lowest BCUT2D eigenvalue weighted by Crippen LogP contribution is -2.45. The van der Waals surface area contributed by atoms with Gasteiger partial charge in [-0.1, -0.05) is 0 Å². The second-order valence-corrected chi connectivity index (χ2v) is 7.73. The third-order valence-corrected chi connectivity index (χ3v) is 5.51. The number of aryl methyl sites for hydroxylation is 1. The highest BCUT2D eigenvalue weighted by Crippen LogP contribution is 2.32. The fourth-order valence-corrected chi connectivity index (χ4v) is 3.93. The third-order valence-electron chi connectivity index (χ3n) is 5.51. The molecule has 4 heterocycles. The SMILES string of the molecule is COc1cc(N2Cc3ncn(C)c3C(C(=O)N3CCCCC3)C2)ncn1.O=C(O)C(F)(F)F. The van der Waals surface area contributed by atoms with Crippen molar-refractivity contribution in [2.45, 2.75) is 37.9 Å². The predicted octanol–water partition coefficient (Wildman–Crippen LogP) is 1.97. The molecule has 0 aromatic carbocycles. The number of likely N-dealkylation sites (tertiary alicyclic amines) is 1. The number of rotatable bonds is 3. The molecule has 4 rings (SSSR count). The summed E-state index contributed by atoms with van der Waals surface area (Å²) in [6, 6.07) is 1.80. The van der Waals surface area contributed by atoms with Crippen LogP contribution in [0, 0.1) is 0 Å². The summed E-state index contributed by atoms with van der Waals surface area (Å²) in [5.74, 6) is -1.52. The minimum absolute atomic E-state index is 0.195. The Labute approximate surface area is 188 Å². The van der Waals surface area contributed by atoms with E-state index in [4.69, 9.17) is 14.6 Å². The molecule has 2 aliphatic rings. The van der Waals surface area contributed by atoms with Crippen LogP contribution in [0.2, 0.25) is 0 Å². The molecule has 13 heteroatoms. The molecule has 0 spiro atoms. The fourth-order valence-electron chi connectivity index (χ4n) is 3.93. The van der Waals surface area contributed by atoms with Crippen molar-refractivity contribution in [1.82, 2.24) is 24.4 Å². The second-order valence-electron chi connectivity index (χ2n) is 7.73. The summed E-state index contributed by atoms with van der Waals surface area (Å²) in [5.41, 5.74) is 1.96. The first-order valence-corrected chi connectivity index (χ1v) is 10.3. The summed E-state index contributed by atoms with van der Waals surface area (Å²) in [5, 5.41) is 7.12. The van der Waals surface area contributed by atoms with Gasteiger partial charge >= 0.3 is 12.1 Å². The maximum Gasteiger partial charge on any atom is 0.490 e. The van der Waals surface area contributed by atoms with Crippen LogP contribution in [0.1, 0.15) is 36.6 Å². The molecule has 2 aliphatic heterocycles. The number of aliphatic carboxylic acids is 1. The number of hydrogen-bond donors (Lipinski definition) is 1. The van der Waals surface area contributed by atoms with Gasteiger partial charge in [-0.3, -0.25) is 4.79 Å². The van der Waals surface area contributed by atoms with Gasteiger partial charge in [-0.25, -0.2) is 19.7 Å². The number of carboxylic acids is 1. The van der Waals surface area contributed by atoms with E-state index < -0.39 is 12.1 Å². The zero-order valence-electron chi connectivity index (χ0n) is 18.2. The summed E-state index contributed by atoms with van der Waals surface area (Å²) in [4.78, 5) is 39.2. The number of anilines is 1. The van der Waals surface area contributed by atoms with Gasteiger partial charge in [0.15, 0.2) is 0 Å². The average Bonchev–Trinajstić information content (AvgIpc) is 3.19. The number of ether oxygens (including phenoxy) is 1. The molecule has 2 aromatic heterocycles. The van der Waals surface area contributed by atoms with Crippen LogP contribution in [0.3, 0.4) is 0 Å². The number of imidazole rings is 1. The van der Waals surface area contributed by atoms with Gasteiger partial charge in [-0.2, -0.15) is 13.2 Å². The van der Waals surface area contributed by atoms with E-state index in [0.29, 0.717) is 19.0 Å². The lowest BCUT2D eigenvalue weighted by Gasteiger charge is -2.36. The minimum atomic E-state index is -5.08. The number of amides is 1. The summed E-state index contributed by atoms with van der Waals surface area (Å²) >= 11 is 0. The second kappa shape index (κ2) is 10.0. The number of aromatic nitrogens is 4. The maximum atomic E-state index is 13.3. The number of halogens is 3. The first kappa shape index (κ1) is 24.3. The molecule has 0 radical (unpaired) electrons. The van der Waals surface area contributed by atoms with E-state index in [0.717, 1.165) is 43.1 Å². The van der Waals surface area contributed by atoms with Crippen molar-refractivity contribution in [3.8, 4) is 5.88 Å². The fraction of sp³-hybridized carbons (Fsp3) is 0.550. The quantitative estimate of drug-likeness (QED) is 0.725. The maximum absolute atomic E-state index is 13.3. The zero-order chi connectivity index (χ0) is 24.2. The lowest BCUT2D eigenvalue weighted by molar-refractivity contribution is -0.192. The topological polar surface area (TPSA) is 114 Å². The van der Waals surface area contributed by atoms with Gasteiger partial charge in [0.1, 0.15) is 12.1 Å². The van der Waals surface area contributed by atoms with E-state index in [1.54, 1.807) is 19.5 Å². The summed E-state index contributed by atoms with van der Waals surface area (Å²) in [6.45, 7) is 2.91. The van der Waals surface area contributed by atoms with Crippen molar-refractivity contribution in [2.75, 3.05) is 31.6 Å². The molecule has 1 atom stereocenters. The molecule has 1 N–H and O–H groups in total. The number of nitrogens with zero attached hydrogens (tertiary/aromatic N) is 6. The van der Waals surface area contributed by atoms with Crippen molar-refractivity contribution in [1.29, 1.82) is 0 Å². The summed E-state index contributed by atoms with van der Waals surface area (Å²) < 4.78 is 38.9. The van der Waals surface area contributed by atoms with E-state index in [1.165, 1.54) is 12.7 Å². The Morgan fingerprint density at radius 1 is 1.15 bits per heavy atom. The smallest absolute Gasteiger partial charge is 0.481 e. The van der Waals surface area contributed by atoms with E-state index in [-0.39, 0.29) is 11.8 Å². The Bertz CT molecular complexity index is 990. The number of methoxy groups -OCH3 is 1. The van der Waals surface area contributed by atoms with Crippen LogP contribution in [0.15, 0.2) is 18.7 Å². The van der Waals surface area contributed by atoms with Crippen LogP contribution >= 0.6 is 0 Å². The van der Waals surface area contributed by atoms with Crippen molar-refractivity contribution < 1.29 is 32.6 Å². The van der Waals surface area contributed by atoms with Gasteiger partial charge in [0, 0.05) is 32.7 Å². The Morgan fingerprint density at radius 3 is 2.42 bits per heavy atom. The van der Waals surface area contributed by atoms with Crippen LogP contribution in [-0.2, 0) is 23.2 Å². The molecule has 1 unspecified atom stereocenters. The molecule has 1 fully saturated rings. The highest BCUT2D eigenvalue weighted by atomic mass is 19.4. The molecule has 0 aliphatic carbocycles. The van der Waals surface area contributed by atoms with E-state index in [9.17, 15) is 18.0 Å². The van der Waals surface area contributed by atoms with E-state index in [2.05, 4.69) is 19.9 Å². The van der Waals surface area contributed by atoms with Gasteiger partial charge in [0.25, 0.3) is 0 Å². The predicted molar refractivity (Wildman–Crippen MR) is 110 cm³/mol. The zero-order valence-corrected chi connectivity index (χ0v) is 18.2. The van der Waals surface area contributed by atoms with Gasteiger partial charge < -0.3 is 24.2 Å². The Hall–Kier alpha value is -3.38. The average molecular weight is 470 g/mol.